The second-order valence-electron chi connectivity index (χ2n) is 2.63. The molecule has 0 aromatic rings. The van der Waals surface area contributed by atoms with Gasteiger partial charge in [-0.3, -0.25) is 4.79 Å². The number of hydrogen-bond acceptors (Lipinski definition) is 2. The maximum absolute atomic E-state index is 12.1. The maximum atomic E-state index is 12.1. The molecule has 2 N–H and O–H groups in total. The van der Waals surface area contributed by atoms with Crippen LogP contribution in [0.1, 0.15) is 13.3 Å². The van der Waals surface area contributed by atoms with Crippen LogP contribution >= 0.6 is 0 Å². The Morgan fingerprint density at radius 3 is 1.92 bits per heavy atom. The standard InChI is InChI=1S/C6H8F5NO/c1-3(12)4(13)2-5(7,8)6(9,10)11/h3H,2,12H2,1H3. The molecule has 0 aromatic heterocycles. The van der Waals surface area contributed by atoms with E-state index in [0.29, 0.717) is 0 Å². The molecule has 0 bridgehead atoms. The second kappa shape index (κ2) is 3.57. The lowest BCUT2D eigenvalue weighted by molar-refractivity contribution is -0.281. The Morgan fingerprint density at radius 2 is 1.69 bits per heavy atom. The third-order valence-corrected chi connectivity index (χ3v) is 1.32. The molecule has 0 aliphatic carbocycles. The molecule has 78 valence electrons. The van der Waals surface area contributed by atoms with Gasteiger partial charge in [0.15, 0.2) is 5.78 Å². The Morgan fingerprint density at radius 1 is 1.31 bits per heavy atom. The molecule has 0 heterocycles. The van der Waals surface area contributed by atoms with Crippen LogP contribution in [0.2, 0.25) is 0 Å². The summed E-state index contributed by atoms with van der Waals surface area (Å²) in [5.74, 6) is -6.31. The molecule has 2 nitrogen and oxygen atoms in total. The van der Waals surface area contributed by atoms with Gasteiger partial charge < -0.3 is 5.73 Å². The first-order valence-corrected chi connectivity index (χ1v) is 3.31. The molecule has 13 heavy (non-hydrogen) atoms. The Kier molecular flexibility index (Phi) is 3.37. The fraction of sp³-hybridized carbons (Fsp3) is 0.833. The highest BCUT2D eigenvalue weighted by molar-refractivity contribution is 5.84. The van der Waals surface area contributed by atoms with Gasteiger partial charge in [-0.2, -0.15) is 22.0 Å². The minimum absolute atomic E-state index is 1.05. The first-order chi connectivity index (χ1) is 5.58. The van der Waals surface area contributed by atoms with Gasteiger partial charge in [0, 0.05) is 0 Å². The number of halogens is 5. The molecule has 0 amide bonds. The van der Waals surface area contributed by atoms with Gasteiger partial charge in [-0.1, -0.05) is 0 Å². The van der Waals surface area contributed by atoms with Crippen LogP contribution in [0.15, 0.2) is 0 Å². The first kappa shape index (κ1) is 12.3. The molecule has 0 aliphatic heterocycles. The topological polar surface area (TPSA) is 43.1 Å². The molecule has 0 rings (SSSR count). The Balaban J connectivity index is 4.44. The molecule has 0 saturated carbocycles. The van der Waals surface area contributed by atoms with Gasteiger partial charge in [0.25, 0.3) is 0 Å². The van der Waals surface area contributed by atoms with Crippen LogP contribution in [0.3, 0.4) is 0 Å². The van der Waals surface area contributed by atoms with E-state index in [1.807, 2.05) is 0 Å². The average molecular weight is 205 g/mol. The smallest absolute Gasteiger partial charge is 0.322 e. The van der Waals surface area contributed by atoms with Crippen LogP contribution in [0.5, 0.6) is 0 Å². The number of carbonyl (C=O) groups is 1. The van der Waals surface area contributed by atoms with Crippen LogP contribution in [0.25, 0.3) is 0 Å². The summed E-state index contributed by atoms with van der Waals surface area (Å²) in [5.41, 5.74) is 4.84. The lowest BCUT2D eigenvalue weighted by Gasteiger charge is -2.19. The largest absolute Gasteiger partial charge is 0.453 e. The molecule has 0 spiro atoms. The summed E-state index contributed by atoms with van der Waals surface area (Å²) in [5, 5.41) is 0. The Labute approximate surface area is 70.9 Å². The SMILES string of the molecule is CC(N)C(=O)CC(F)(F)C(F)(F)F. The van der Waals surface area contributed by atoms with Crippen LogP contribution in [0.4, 0.5) is 22.0 Å². The van der Waals surface area contributed by atoms with E-state index in [4.69, 9.17) is 5.73 Å². The molecular formula is C6H8F5NO. The highest BCUT2D eigenvalue weighted by atomic mass is 19.4. The van der Waals surface area contributed by atoms with E-state index in [9.17, 15) is 26.7 Å². The molecule has 0 aromatic carbocycles. The number of alkyl halides is 5. The van der Waals surface area contributed by atoms with Crippen molar-refractivity contribution in [1.29, 1.82) is 0 Å². The van der Waals surface area contributed by atoms with Crippen molar-refractivity contribution in [2.24, 2.45) is 5.73 Å². The minimum Gasteiger partial charge on any atom is -0.322 e. The molecule has 0 aliphatic rings. The summed E-state index contributed by atoms with van der Waals surface area (Å²) >= 11 is 0. The summed E-state index contributed by atoms with van der Waals surface area (Å²) in [7, 11) is 0. The lowest BCUT2D eigenvalue weighted by atomic mass is 10.1. The third kappa shape index (κ3) is 3.25. The van der Waals surface area contributed by atoms with Gasteiger partial charge >= 0.3 is 12.1 Å². The van der Waals surface area contributed by atoms with E-state index in [1.54, 1.807) is 0 Å². The van der Waals surface area contributed by atoms with Gasteiger partial charge in [0.2, 0.25) is 0 Å². The Bertz CT molecular complexity index is 198. The van der Waals surface area contributed by atoms with Crippen LogP contribution in [-0.4, -0.2) is 23.9 Å². The molecule has 1 atom stereocenters. The fourth-order valence-electron chi connectivity index (χ4n) is 0.480. The van der Waals surface area contributed by atoms with Crippen LogP contribution in [0, 0.1) is 0 Å². The van der Waals surface area contributed by atoms with Gasteiger partial charge in [0.05, 0.1) is 12.5 Å². The van der Waals surface area contributed by atoms with Crippen molar-refractivity contribution in [3.05, 3.63) is 0 Å². The number of rotatable bonds is 3. The van der Waals surface area contributed by atoms with E-state index in [2.05, 4.69) is 0 Å². The molecule has 0 fully saturated rings. The number of hydrogen-bond donors (Lipinski definition) is 1. The summed E-state index contributed by atoms with van der Waals surface area (Å²) in [4.78, 5) is 10.5. The lowest BCUT2D eigenvalue weighted by Crippen LogP contribution is -2.41. The normalized spacial score (nSPS) is 15.6. The van der Waals surface area contributed by atoms with Crippen molar-refractivity contribution in [3.8, 4) is 0 Å². The number of carbonyl (C=O) groups excluding carboxylic acids is 1. The number of nitrogens with two attached hydrogens (primary N) is 1. The zero-order chi connectivity index (χ0) is 10.9. The van der Waals surface area contributed by atoms with Crippen LogP contribution in [-0.2, 0) is 4.79 Å². The molecule has 0 saturated heterocycles. The monoisotopic (exact) mass is 205 g/mol. The highest BCUT2D eigenvalue weighted by Gasteiger charge is 2.58. The van der Waals surface area contributed by atoms with E-state index >= 15 is 0 Å². The van der Waals surface area contributed by atoms with Crippen molar-refractivity contribution in [2.45, 2.75) is 31.5 Å². The van der Waals surface area contributed by atoms with E-state index in [1.165, 1.54) is 0 Å². The number of Topliss-reactive ketones (excluding diaryl/α,β-unsaturated/α-hetero) is 1. The fourth-order valence-corrected chi connectivity index (χ4v) is 0.480. The minimum atomic E-state index is -5.70. The summed E-state index contributed by atoms with van der Waals surface area (Å²) < 4.78 is 58.8. The van der Waals surface area contributed by atoms with Crippen LogP contribution < -0.4 is 5.73 Å². The summed E-state index contributed by atoms with van der Waals surface area (Å²) in [6.07, 6.45) is -7.59. The zero-order valence-electron chi connectivity index (χ0n) is 6.66. The quantitative estimate of drug-likeness (QED) is 0.709. The van der Waals surface area contributed by atoms with Gasteiger partial charge in [-0.15, -0.1) is 0 Å². The predicted molar refractivity (Wildman–Crippen MR) is 34.3 cm³/mol. The van der Waals surface area contributed by atoms with Gasteiger partial charge in [0.1, 0.15) is 0 Å². The van der Waals surface area contributed by atoms with Gasteiger partial charge in [-0.25, -0.2) is 0 Å². The van der Waals surface area contributed by atoms with Crippen molar-refractivity contribution < 1.29 is 26.7 Å². The predicted octanol–water partition coefficient (Wildman–Crippen LogP) is 1.49. The van der Waals surface area contributed by atoms with Crippen molar-refractivity contribution in [2.75, 3.05) is 0 Å². The van der Waals surface area contributed by atoms with Crippen molar-refractivity contribution in [3.63, 3.8) is 0 Å². The molecule has 1 unspecified atom stereocenters. The second-order valence-corrected chi connectivity index (χ2v) is 2.63. The van der Waals surface area contributed by atoms with Gasteiger partial charge in [-0.05, 0) is 6.92 Å². The van der Waals surface area contributed by atoms with E-state index < -0.39 is 30.3 Å². The molecule has 0 radical (unpaired) electrons. The molecule has 7 heteroatoms. The summed E-state index contributed by atoms with van der Waals surface area (Å²) in [6, 6.07) is -1.31. The van der Waals surface area contributed by atoms with E-state index in [0.717, 1.165) is 6.92 Å². The molecular weight excluding hydrogens is 197 g/mol. The van der Waals surface area contributed by atoms with Crippen molar-refractivity contribution >= 4 is 5.78 Å². The first-order valence-electron chi connectivity index (χ1n) is 3.31. The Hall–Kier alpha value is -0.720. The van der Waals surface area contributed by atoms with E-state index in [-0.39, 0.29) is 0 Å². The zero-order valence-corrected chi connectivity index (χ0v) is 6.66. The maximum Gasteiger partial charge on any atom is 0.453 e. The van der Waals surface area contributed by atoms with Crippen molar-refractivity contribution in [1.82, 2.24) is 0 Å². The highest BCUT2D eigenvalue weighted by Crippen LogP contribution is 2.38. The summed E-state index contributed by atoms with van der Waals surface area (Å²) in [6.45, 7) is 1.05. The third-order valence-electron chi connectivity index (χ3n) is 1.32. The average Bonchev–Trinajstić information content (AvgIpc) is 1.83. The number of ketones is 1.